The minimum absolute atomic E-state index is 0.258. The van der Waals surface area contributed by atoms with Crippen molar-refractivity contribution in [2.24, 2.45) is 5.73 Å². The number of nitrogens with two attached hydrogens (primary N) is 1. The molecule has 0 aliphatic rings. The molecular weight excluding hydrogens is 157 g/mol. The van der Waals surface area contributed by atoms with Gasteiger partial charge in [0.2, 0.25) is 0 Å². The quantitative estimate of drug-likeness (QED) is 0.702. The van der Waals surface area contributed by atoms with Crippen LogP contribution >= 0.6 is 0 Å². The lowest BCUT2D eigenvalue weighted by Crippen LogP contribution is -1.92. The molecule has 0 radical (unpaired) electrons. The molecule has 0 bridgehead atoms. The summed E-state index contributed by atoms with van der Waals surface area (Å²) in [7, 11) is 0. The number of halogens is 1. The van der Waals surface area contributed by atoms with Crippen molar-refractivity contribution < 1.29 is 8.81 Å². The highest BCUT2D eigenvalue weighted by molar-refractivity contribution is 5.77. The van der Waals surface area contributed by atoms with E-state index in [2.05, 4.69) is 0 Å². The molecule has 0 aliphatic heterocycles. The van der Waals surface area contributed by atoms with E-state index in [-0.39, 0.29) is 5.82 Å². The second-order valence-electron chi connectivity index (χ2n) is 2.60. The maximum Gasteiger partial charge on any atom is 0.134 e. The van der Waals surface area contributed by atoms with Crippen LogP contribution in [0.15, 0.2) is 28.7 Å². The summed E-state index contributed by atoms with van der Waals surface area (Å²) in [4.78, 5) is 0. The molecule has 0 spiro atoms. The molecule has 0 saturated carbocycles. The summed E-state index contributed by atoms with van der Waals surface area (Å²) in [6, 6.07) is 6.15. The summed E-state index contributed by atoms with van der Waals surface area (Å²) in [6.07, 6.45) is 0. The van der Waals surface area contributed by atoms with Crippen LogP contribution in [0.5, 0.6) is 0 Å². The first-order valence-electron chi connectivity index (χ1n) is 3.67. The van der Waals surface area contributed by atoms with Gasteiger partial charge in [-0.3, -0.25) is 0 Å². The normalized spacial score (nSPS) is 10.8. The van der Waals surface area contributed by atoms with Crippen molar-refractivity contribution in [3.8, 4) is 0 Å². The molecular formula is C9H8FNO. The Balaban J connectivity index is 2.67. The van der Waals surface area contributed by atoms with Gasteiger partial charge in [0.25, 0.3) is 0 Å². The van der Waals surface area contributed by atoms with Crippen molar-refractivity contribution in [2.75, 3.05) is 0 Å². The fourth-order valence-corrected chi connectivity index (χ4v) is 1.17. The molecule has 0 amide bonds. The summed E-state index contributed by atoms with van der Waals surface area (Å²) < 4.78 is 18.0. The van der Waals surface area contributed by atoms with Gasteiger partial charge in [0.05, 0.1) is 6.54 Å². The van der Waals surface area contributed by atoms with E-state index in [1.54, 1.807) is 12.1 Å². The van der Waals surface area contributed by atoms with E-state index in [0.717, 1.165) is 5.39 Å². The summed E-state index contributed by atoms with van der Waals surface area (Å²) in [6.45, 7) is 0.344. The second-order valence-corrected chi connectivity index (χ2v) is 2.60. The largest absolute Gasteiger partial charge is 0.460 e. The van der Waals surface area contributed by atoms with Crippen LogP contribution in [-0.2, 0) is 6.54 Å². The van der Waals surface area contributed by atoms with Crippen molar-refractivity contribution in [2.45, 2.75) is 6.54 Å². The van der Waals surface area contributed by atoms with Crippen LogP contribution in [0.3, 0.4) is 0 Å². The van der Waals surface area contributed by atoms with Gasteiger partial charge in [-0.05, 0) is 24.3 Å². The van der Waals surface area contributed by atoms with E-state index in [1.807, 2.05) is 0 Å². The van der Waals surface area contributed by atoms with Gasteiger partial charge in [0.1, 0.15) is 17.2 Å². The van der Waals surface area contributed by atoms with Gasteiger partial charge in [-0.15, -0.1) is 0 Å². The van der Waals surface area contributed by atoms with E-state index in [4.69, 9.17) is 10.2 Å². The molecule has 2 aromatic rings. The predicted octanol–water partition coefficient (Wildman–Crippen LogP) is 2.03. The molecule has 1 aromatic carbocycles. The van der Waals surface area contributed by atoms with Crippen molar-refractivity contribution in [1.29, 1.82) is 0 Å². The van der Waals surface area contributed by atoms with Crippen LogP contribution in [0.25, 0.3) is 11.0 Å². The Hall–Kier alpha value is -1.35. The minimum Gasteiger partial charge on any atom is -0.460 e. The molecule has 0 saturated heterocycles. The van der Waals surface area contributed by atoms with Crippen LogP contribution in [0.1, 0.15) is 5.76 Å². The summed E-state index contributed by atoms with van der Waals surface area (Å²) in [5.74, 6) is 0.419. The van der Waals surface area contributed by atoms with E-state index >= 15 is 0 Å². The van der Waals surface area contributed by atoms with Crippen molar-refractivity contribution in [3.63, 3.8) is 0 Å². The number of hydrogen-bond donors (Lipinski definition) is 1. The third-order valence-corrected chi connectivity index (χ3v) is 1.73. The summed E-state index contributed by atoms with van der Waals surface area (Å²) in [5, 5.41) is 0.760. The maximum absolute atomic E-state index is 12.7. The van der Waals surface area contributed by atoms with E-state index in [0.29, 0.717) is 17.9 Å². The minimum atomic E-state index is -0.258. The second kappa shape index (κ2) is 2.60. The first-order valence-corrected chi connectivity index (χ1v) is 3.67. The van der Waals surface area contributed by atoms with Gasteiger partial charge in [-0.1, -0.05) is 0 Å². The lowest BCUT2D eigenvalue weighted by molar-refractivity contribution is 0.551. The SMILES string of the molecule is NCc1cc2cc(F)ccc2o1. The van der Waals surface area contributed by atoms with Crippen molar-refractivity contribution in [1.82, 2.24) is 0 Å². The topological polar surface area (TPSA) is 39.2 Å². The summed E-state index contributed by atoms with van der Waals surface area (Å²) >= 11 is 0. The van der Waals surface area contributed by atoms with Crippen molar-refractivity contribution >= 4 is 11.0 Å². The average molecular weight is 165 g/mol. The smallest absolute Gasteiger partial charge is 0.134 e. The van der Waals surface area contributed by atoms with Crippen LogP contribution < -0.4 is 5.73 Å². The Bertz CT molecular complexity index is 408. The first kappa shape index (κ1) is 7.31. The zero-order valence-corrected chi connectivity index (χ0v) is 6.38. The Labute approximate surface area is 68.8 Å². The Morgan fingerprint density at radius 2 is 2.17 bits per heavy atom. The third kappa shape index (κ3) is 1.08. The van der Waals surface area contributed by atoms with Crippen LogP contribution in [0.4, 0.5) is 4.39 Å². The van der Waals surface area contributed by atoms with Crippen LogP contribution in [-0.4, -0.2) is 0 Å². The van der Waals surface area contributed by atoms with Gasteiger partial charge >= 0.3 is 0 Å². The number of fused-ring (bicyclic) bond motifs is 1. The predicted molar refractivity (Wildman–Crippen MR) is 44.1 cm³/mol. The first-order chi connectivity index (χ1) is 5.79. The fourth-order valence-electron chi connectivity index (χ4n) is 1.17. The molecule has 0 aliphatic carbocycles. The standard InChI is InChI=1S/C9H8FNO/c10-7-1-2-9-6(3-7)4-8(5-11)12-9/h1-4H,5,11H2. The van der Waals surface area contributed by atoms with Gasteiger partial charge in [0.15, 0.2) is 0 Å². The van der Waals surface area contributed by atoms with Crippen molar-refractivity contribution in [3.05, 3.63) is 35.8 Å². The molecule has 62 valence electrons. The monoisotopic (exact) mass is 165 g/mol. The van der Waals surface area contributed by atoms with Gasteiger partial charge in [0, 0.05) is 5.39 Å². The lowest BCUT2D eigenvalue weighted by atomic mass is 10.2. The molecule has 2 N–H and O–H groups in total. The molecule has 0 unspecified atom stereocenters. The Morgan fingerprint density at radius 3 is 2.92 bits per heavy atom. The number of hydrogen-bond acceptors (Lipinski definition) is 2. The summed E-state index contributed by atoms with van der Waals surface area (Å²) in [5.41, 5.74) is 6.04. The maximum atomic E-state index is 12.7. The molecule has 0 atom stereocenters. The van der Waals surface area contributed by atoms with Crippen LogP contribution in [0.2, 0.25) is 0 Å². The van der Waals surface area contributed by atoms with E-state index in [9.17, 15) is 4.39 Å². The zero-order valence-electron chi connectivity index (χ0n) is 6.38. The zero-order chi connectivity index (χ0) is 8.55. The molecule has 0 fully saturated rings. The molecule has 2 nitrogen and oxygen atoms in total. The highest BCUT2D eigenvalue weighted by Crippen LogP contribution is 2.19. The van der Waals surface area contributed by atoms with E-state index < -0.39 is 0 Å². The van der Waals surface area contributed by atoms with Gasteiger partial charge in [-0.25, -0.2) is 4.39 Å². The van der Waals surface area contributed by atoms with Gasteiger partial charge < -0.3 is 10.2 Å². The van der Waals surface area contributed by atoms with Gasteiger partial charge in [-0.2, -0.15) is 0 Å². The molecule has 3 heteroatoms. The number of rotatable bonds is 1. The fraction of sp³-hybridized carbons (Fsp3) is 0.111. The molecule has 12 heavy (non-hydrogen) atoms. The molecule has 1 heterocycles. The average Bonchev–Trinajstić information content (AvgIpc) is 2.46. The van der Waals surface area contributed by atoms with Crippen LogP contribution in [0, 0.1) is 5.82 Å². The Kier molecular flexibility index (Phi) is 1.59. The highest BCUT2D eigenvalue weighted by Gasteiger charge is 2.02. The number of benzene rings is 1. The number of furan rings is 1. The highest BCUT2D eigenvalue weighted by atomic mass is 19.1. The Morgan fingerprint density at radius 1 is 1.33 bits per heavy atom. The molecule has 1 aromatic heterocycles. The lowest BCUT2D eigenvalue weighted by Gasteiger charge is -1.86. The molecule has 2 rings (SSSR count). The third-order valence-electron chi connectivity index (χ3n) is 1.73. The van der Waals surface area contributed by atoms with E-state index in [1.165, 1.54) is 12.1 Å².